The third-order valence-corrected chi connectivity index (χ3v) is 4.91. The van der Waals surface area contributed by atoms with Gasteiger partial charge in [-0.05, 0) is 37.8 Å². The third kappa shape index (κ3) is 4.72. The highest BCUT2D eigenvalue weighted by molar-refractivity contribution is 5.99. The molecule has 2 aliphatic rings. The number of carbonyl (C=O) groups excluding carboxylic acids is 2. The largest absolute Gasteiger partial charge is 0.376 e. The van der Waals surface area contributed by atoms with E-state index in [-0.39, 0.29) is 24.0 Å². The van der Waals surface area contributed by atoms with Gasteiger partial charge in [-0.15, -0.1) is 0 Å². The lowest BCUT2D eigenvalue weighted by molar-refractivity contribution is -0.119. The molecule has 136 valence electrons. The van der Waals surface area contributed by atoms with Gasteiger partial charge in [0.15, 0.2) is 0 Å². The molecule has 2 amide bonds. The number of hydrogen-bond acceptors (Lipinski definition) is 4. The Morgan fingerprint density at radius 2 is 1.96 bits per heavy atom. The fourth-order valence-corrected chi connectivity index (χ4v) is 3.60. The van der Waals surface area contributed by atoms with Crippen LogP contribution in [-0.4, -0.2) is 50.2 Å². The van der Waals surface area contributed by atoms with E-state index in [2.05, 4.69) is 15.5 Å². The molecule has 0 radical (unpaired) electrons. The molecule has 1 atom stereocenters. The summed E-state index contributed by atoms with van der Waals surface area (Å²) in [5.74, 6) is -0.0255. The van der Waals surface area contributed by atoms with E-state index < -0.39 is 0 Å². The molecule has 6 nitrogen and oxygen atoms in total. The minimum atomic E-state index is -0.0462. The first kappa shape index (κ1) is 17.7. The zero-order valence-electron chi connectivity index (χ0n) is 14.8. The molecule has 1 aromatic rings. The van der Waals surface area contributed by atoms with Crippen LogP contribution in [0.4, 0.5) is 5.69 Å². The molecule has 0 unspecified atom stereocenters. The van der Waals surface area contributed by atoms with E-state index in [4.69, 9.17) is 4.74 Å². The summed E-state index contributed by atoms with van der Waals surface area (Å²) in [6, 6.07) is 7.97. The number of para-hydroxylation sites is 1. The lowest BCUT2D eigenvalue weighted by Gasteiger charge is -2.34. The van der Waals surface area contributed by atoms with E-state index in [1.54, 1.807) is 6.92 Å². The highest BCUT2D eigenvalue weighted by Crippen LogP contribution is 2.24. The molecule has 2 fully saturated rings. The molecule has 1 aromatic carbocycles. The molecular formula is C19H27N3O3. The smallest absolute Gasteiger partial charge is 0.253 e. The second-order valence-electron chi connectivity index (χ2n) is 6.82. The van der Waals surface area contributed by atoms with Crippen LogP contribution in [0.25, 0.3) is 0 Å². The number of anilines is 1. The number of carbonyl (C=O) groups is 2. The summed E-state index contributed by atoms with van der Waals surface area (Å²) < 4.78 is 5.57. The second kappa shape index (κ2) is 8.34. The number of nitrogens with zero attached hydrogens (tertiary/aromatic N) is 1. The van der Waals surface area contributed by atoms with Crippen LogP contribution in [0, 0.1) is 0 Å². The van der Waals surface area contributed by atoms with E-state index in [9.17, 15) is 9.59 Å². The SMILES string of the molecule is CC(=O)NC1CCN(c2ccccc2C(=O)NC[C@@H]2CCCO2)CC1. The van der Waals surface area contributed by atoms with Gasteiger partial charge < -0.3 is 20.3 Å². The van der Waals surface area contributed by atoms with Gasteiger partial charge in [-0.3, -0.25) is 9.59 Å². The average molecular weight is 345 g/mol. The molecule has 0 saturated carbocycles. The van der Waals surface area contributed by atoms with Crippen LogP contribution in [0.2, 0.25) is 0 Å². The van der Waals surface area contributed by atoms with Crippen molar-refractivity contribution in [1.29, 1.82) is 0 Å². The summed E-state index contributed by atoms with van der Waals surface area (Å²) in [6.07, 6.45) is 4.01. The van der Waals surface area contributed by atoms with E-state index in [1.807, 2.05) is 24.3 Å². The molecule has 2 aliphatic heterocycles. The first-order chi connectivity index (χ1) is 12.1. The van der Waals surface area contributed by atoms with Crippen LogP contribution in [0.15, 0.2) is 24.3 Å². The van der Waals surface area contributed by atoms with Gasteiger partial charge in [0, 0.05) is 44.9 Å². The lowest BCUT2D eigenvalue weighted by atomic mass is 10.0. The Bertz CT molecular complexity index is 606. The number of nitrogens with one attached hydrogen (secondary N) is 2. The van der Waals surface area contributed by atoms with E-state index in [0.717, 1.165) is 51.1 Å². The topological polar surface area (TPSA) is 70.7 Å². The van der Waals surface area contributed by atoms with E-state index in [0.29, 0.717) is 12.1 Å². The van der Waals surface area contributed by atoms with Crippen molar-refractivity contribution in [3.05, 3.63) is 29.8 Å². The van der Waals surface area contributed by atoms with Crippen molar-refractivity contribution in [3.63, 3.8) is 0 Å². The van der Waals surface area contributed by atoms with Crippen LogP contribution in [0.5, 0.6) is 0 Å². The van der Waals surface area contributed by atoms with Crippen molar-refractivity contribution in [3.8, 4) is 0 Å². The van der Waals surface area contributed by atoms with Crippen molar-refractivity contribution in [1.82, 2.24) is 10.6 Å². The number of hydrogen-bond donors (Lipinski definition) is 2. The van der Waals surface area contributed by atoms with Crippen molar-refractivity contribution < 1.29 is 14.3 Å². The summed E-state index contributed by atoms with van der Waals surface area (Å²) in [5, 5.41) is 5.99. The zero-order chi connectivity index (χ0) is 17.6. The standard InChI is InChI=1S/C19H27N3O3/c1-14(23)21-15-8-10-22(11-9-15)18-7-3-2-6-17(18)19(24)20-13-16-5-4-12-25-16/h2-3,6-7,15-16H,4-5,8-13H2,1H3,(H,20,24)(H,21,23)/t16-/m0/s1. The number of amides is 2. The molecule has 25 heavy (non-hydrogen) atoms. The van der Waals surface area contributed by atoms with Crippen molar-refractivity contribution >= 4 is 17.5 Å². The normalized spacial score (nSPS) is 21.2. The molecule has 0 spiro atoms. The van der Waals surface area contributed by atoms with Crippen LogP contribution < -0.4 is 15.5 Å². The average Bonchev–Trinajstić information content (AvgIpc) is 3.13. The quantitative estimate of drug-likeness (QED) is 0.852. The maximum atomic E-state index is 12.6. The Kier molecular flexibility index (Phi) is 5.91. The predicted octanol–water partition coefficient (Wildman–Crippen LogP) is 1.70. The molecule has 2 saturated heterocycles. The fraction of sp³-hybridized carbons (Fsp3) is 0.579. The van der Waals surface area contributed by atoms with Gasteiger partial charge in [0.25, 0.3) is 5.91 Å². The summed E-state index contributed by atoms with van der Waals surface area (Å²) in [6.45, 7) is 4.58. The van der Waals surface area contributed by atoms with Crippen LogP contribution in [0.3, 0.4) is 0 Å². The molecule has 0 bridgehead atoms. The zero-order valence-corrected chi connectivity index (χ0v) is 14.8. The number of ether oxygens (including phenoxy) is 1. The lowest BCUT2D eigenvalue weighted by Crippen LogP contribution is -2.44. The summed E-state index contributed by atoms with van der Waals surface area (Å²) in [5.41, 5.74) is 1.67. The summed E-state index contributed by atoms with van der Waals surface area (Å²) in [7, 11) is 0. The minimum Gasteiger partial charge on any atom is -0.376 e. The summed E-state index contributed by atoms with van der Waals surface area (Å²) >= 11 is 0. The fourth-order valence-electron chi connectivity index (χ4n) is 3.60. The summed E-state index contributed by atoms with van der Waals surface area (Å²) in [4.78, 5) is 26.1. The molecule has 2 heterocycles. The Hall–Kier alpha value is -2.08. The second-order valence-corrected chi connectivity index (χ2v) is 6.82. The molecular weight excluding hydrogens is 318 g/mol. The van der Waals surface area contributed by atoms with Crippen molar-refractivity contribution in [2.24, 2.45) is 0 Å². The molecule has 0 aromatic heterocycles. The van der Waals surface area contributed by atoms with Gasteiger partial charge in [0.05, 0.1) is 11.7 Å². The van der Waals surface area contributed by atoms with Crippen molar-refractivity contribution in [2.75, 3.05) is 31.1 Å². The van der Waals surface area contributed by atoms with Crippen LogP contribution in [-0.2, 0) is 9.53 Å². The monoisotopic (exact) mass is 345 g/mol. The number of benzene rings is 1. The number of rotatable bonds is 5. The number of piperidine rings is 1. The highest BCUT2D eigenvalue weighted by atomic mass is 16.5. The van der Waals surface area contributed by atoms with E-state index >= 15 is 0 Å². The van der Waals surface area contributed by atoms with Crippen LogP contribution in [0.1, 0.15) is 43.0 Å². The Balaban J connectivity index is 1.60. The van der Waals surface area contributed by atoms with Gasteiger partial charge >= 0.3 is 0 Å². The van der Waals surface area contributed by atoms with Gasteiger partial charge in [-0.1, -0.05) is 12.1 Å². The molecule has 3 rings (SSSR count). The van der Waals surface area contributed by atoms with Gasteiger partial charge in [0.2, 0.25) is 5.91 Å². The molecule has 0 aliphatic carbocycles. The highest BCUT2D eigenvalue weighted by Gasteiger charge is 2.23. The van der Waals surface area contributed by atoms with Gasteiger partial charge in [-0.25, -0.2) is 0 Å². The molecule has 2 N–H and O–H groups in total. The first-order valence-electron chi connectivity index (χ1n) is 9.14. The van der Waals surface area contributed by atoms with Gasteiger partial charge in [-0.2, -0.15) is 0 Å². The van der Waals surface area contributed by atoms with Gasteiger partial charge in [0.1, 0.15) is 0 Å². The van der Waals surface area contributed by atoms with Crippen LogP contribution >= 0.6 is 0 Å². The Morgan fingerprint density at radius 3 is 2.64 bits per heavy atom. The Labute approximate surface area is 148 Å². The third-order valence-electron chi connectivity index (χ3n) is 4.91. The van der Waals surface area contributed by atoms with E-state index in [1.165, 1.54) is 0 Å². The maximum absolute atomic E-state index is 12.6. The minimum absolute atomic E-state index is 0.0207. The molecule has 6 heteroatoms. The van der Waals surface area contributed by atoms with Crippen molar-refractivity contribution in [2.45, 2.75) is 44.8 Å². The maximum Gasteiger partial charge on any atom is 0.253 e. The Morgan fingerprint density at radius 1 is 1.20 bits per heavy atom. The first-order valence-corrected chi connectivity index (χ1v) is 9.14. The predicted molar refractivity (Wildman–Crippen MR) is 96.8 cm³/mol.